The van der Waals surface area contributed by atoms with Gasteiger partial charge in [-0.1, -0.05) is 23.3 Å². The predicted molar refractivity (Wildman–Crippen MR) is 81.8 cm³/mol. The molecule has 1 saturated carbocycles. The van der Waals surface area contributed by atoms with Crippen LogP contribution in [0.4, 0.5) is 13.2 Å². The highest BCUT2D eigenvalue weighted by Crippen LogP contribution is 2.36. The van der Waals surface area contributed by atoms with Crippen LogP contribution in [0.3, 0.4) is 0 Å². The van der Waals surface area contributed by atoms with E-state index in [1.54, 1.807) is 5.57 Å². The normalized spacial score (nSPS) is 18.3. The van der Waals surface area contributed by atoms with Gasteiger partial charge in [-0.2, -0.15) is 13.2 Å². The van der Waals surface area contributed by atoms with Crippen molar-refractivity contribution in [2.45, 2.75) is 44.7 Å². The lowest BCUT2D eigenvalue weighted by atomic mass is 10.0. The SMILES string of the molecule is O=C(CCc1ccc(C(F)(F)F)cc1)N1CCC(=C2CC2)CC1. The molecule has 2 nitrogen and oxygen atoms in total. The van der Waals surface area contributed by atoms with Crippen LogP contribution >= 0.6 is 0 Å². The standard InChI is InChI=1S/C18H20F3NO/c19-18(20,21)16-6-1-13(2-7-16)3-8-17(23)22-11-9-15(10-12-22)14-4-5-14/h1-2,6-7H,3-5,8-12H2. The van der Waals surface area contributed by atoms with Gasteiger partial charge in [0.25, 0.3) is 0 Å². The fourth-order valence-electron chi connectivity index (χ4n) is 3.07. The third-order valence-corrected chi connectivity index (χ3v) is 4.63. The van der Waals surface area contributed by atoms with Crippen molar-refractivity contribution in [2.24, 2.45) is 0 Å². The molecule has 0 radical (unpaired) electrons. The lowest BCUT2D eigenvalue weighted by Crippen LogP contribution is -2.36. The van der Waals surface area contributed by atoms with Crippen molar-refractivity contribution < 1.29 is 18.0 Å². The maximum absolute atomic E-state index is 12.5. The Morgan fingerprint density at radius 3 is 2.04 bits per heavy atom. The fraction of sp³-hybridized carbons (Fsp3) is 0.500. The van der Waals surface area contributed by atoms with Crippen molar-refractivity contribution in [1.82, 2.24) is 4.90 Å². The average Bonchev–Trinajstić information content (AvgIpc) is 3.37. The number of amides is 1. The van der Waals surface area contributed by atoms with Crippen molar-refractivity contribution in [2.75, 3.05) is 13.1 Å². The lowest BCUT2D eigenvalue weighted by molar-refractivity contribution is -0.137. The monoisotopic (exact) mass is 323 g/mol. The molecule has 23 heavy (non-hydrogen) atoms. The zero-order valence-corrected chi connectivity index (χ0v) is 13.0. The van der Waals surface area contributed by atoms with Crippen molar-refractivity contribution in [3.05, 3.63) is 46.5 Å². The van der Waals surface area contributed by atoms with E-state index in [4.69, 9.17) is 0 Å². The first-order valence-corrected chi connectivity index (χ1v) is 8.07. The summed E-state index contributed by atoms with van der Waals surface area (Å²) in [5.74, 6) is 0.102. The highest BCUT2D eigenvalue weighted by molar-refractivity contribution is 5.76. The predicted octanol–water partition coefficient (Wildman–Crippen LogP) is 4.35. The molecule has 1 heterocycles. The Morgan fingerprint density at radius 2 is 1.52 bits per heavy atom. The van der Waals surface area contributed by atoms with E-state index >= 15 is 0 Å². The van der Waals surface area contributed by atoms with E-state index in [9.17, 15) is 18.0 Å². The van der Waals surface area contributed by atoms with Gasteiger partial charge in [0.2, 0.25) is 5.91 Å². The number of hydrogen-bond donors (Lipinski definition) is 0. The quantitative estimate of drug-likeness (QED) is 0.757. The Labute approximate surface area is 134 Å². The molecule has 124 valence electrons. The van der Waals surface area contributed by atoms with Crippen molar-refractivity contribution >= 4 is 5.91 Å². The third kappa shape index (κ3) is 4.15. The van der Waals surface area contributed by atoms with E-state index in [0.29, 0.717) is 12.8 Å². The number of hydrogen-bond acceptors (Lipinski definition) is 1. The summed E-state index contributed by atoms with van der Waals surface area (Å²) >= 11 is 0. The van der Waals surface area contributed by atoms with E-state index in [1.165, 1.54) is 30.5 Å². The molecule has 5 heteroatoms. The minimum absolute atomic E-state index is 0.102. The summed E-state index contributed by atoms with van der Waals surface area (Å²) in [6.45, 7) is 1.56. The first-order valence-electron chi connectivity index (χ1n) is 8.07. The highest BCUT2D eigenvalue weighted by Gasteiger charge is 2.30. The summed E-state index contributed by atoms with van der Waals surface area (Å²) in [7, 11) is 0. The van der Waals surface area contributed by atoms with Gasteiger partial charge < -0.3 is 4.90 Å². The highest BCUT2D eigenvalue weighted by atomic mass is 19.4. The number of halogens is 3. The molecule has 0 unspecified atom stereocenters. The van der Waals surface area contributed by atoms with Gasteiger partial charge in [-0.25, -0.2) is 0 Å². The molecule has 0 spiro atoms. The second-order valence-electron chi connectivity index (χ2n) is 6.28. The molecule has 1 saturated heterocycles. The van der Waals surface area contributed by atoms with Gasteiger partial charge in [-0.3, -0.25) is 4.79 Å². The van der Waals surface area contributed by atoms with Crippen LogP contribution in [0.25, 0.3) is 0 Å². The van der Waals surface area contributed by atoms with E-state index < -0.39 is 11.7 Å². The van der Waals surface area contributed by atoms with Crippen LogP contribution in [0.2, 0.25) is 0 Å². The molecule has 2 aliphatic rings. The average molecular weight is 323 g/mol. The first kappa shape index (κ1) is 16.1. The minimum Gasteiger partial charge on any atom is -0.342 e. The molecule has 1 aromatic carbocycles. The number of carbonyl (C=O) groups is 1. The number of benzene rings is 1. The van der Waals surface area contributed by atoms with Crippen LogP contribution in [0, 0.1) is 0 Å². The van der Waals surface area contributed by atoms with Gasteiger partial charge in [0, 0.05) is 19.5 Å². The summed E-state index contributed by atoms with van der Waals surface area (Å²) in [6, 6.07) is 5.08. The summed E-state index contributed by atoms with van der Waals surface area (Å²) in [5, 5.41) is 0. The summed E-state index contributed by atoms with van der Waals surface area (Å²) in [4.78, 5) is 14.1. The molecule has 0 bridgehead atoms. The van der Waals surface area contributed by atoms with Gasteiger partial charge >= 0.3 is 6.18 Å². The molecule has 0 atom stereocenters. The number of likely N-dealkylation sites (tertiary alicyclic amines) is 1. The second-order valence-corrected chi connectivity index (χ2v) is 6.28. The minimum atomic E-state index is -4.31. The van der Waals surface area contributed by atoms with Gasteiger partial charge in [-0.05, 0) is 49.8 Å². The molecular weight excluding hydrogens is 303 g/mol. The van der Waals surface area contributed by atoms with E-state index in [0.717, 1.165) is 43.6 Å². The van der Waals surface area contributed by atoms with Crippen molar-refractivity contribution in [3.63, 3.8) is 0 Å². The van der Waals surface area contributed by atoms with Crippen LogP contribution in [0.5, 0.6) is 0 Å². The molecule has 0 aromatic heterocycles. The lowest BCUT2D eigenvalue weighted by Gasteiger charge is -2.28. The summed E-state index contributed by atoms with van der Waals surface area (Å²) in [5.41, 5.74) is 3.24. The Bertz CT molecular complexity index is 600. The second kappa shape index (κ2) is 6.38. The van der Waals surface area contributed by atoms with Crippen LogP contribution in [0.15, 0.2) is 35.4 Å². The molecular formula is C18H20F3NO. The molecule has 1 aliphatic heterocycles. The van der Waals surface area contributed by atoms with Crippen LogP contribution < -0.4 is 0 Å². The molecule has 1 aromatic rings. The molecule has 1 aliphatic carbocycles. The van der Waals surface area contributed by atoms with Gasteiger partial charge in [-0.15, -0.1) is 0 Å². The van der Waals surface area contributed by atoms with Gasteiger partial charge in [0.05, 0.1) is 5.56 Å². The number of alkyl halides is 3. The van der Waals surface area contributed by atoms with Crippen LogP contribution in [-0.2, 0) is 17.4 Å². The Balaban J connectivity index is 1.48. The fourth-order valence-corrected chi connectivity index (χ4v) is 3.07. The van der Waals surface area contributed by atoms with E-state index in [2.05, 4.69) is 0 Å². The molecule has 3 rings (SSSR count). The smallest absolute Gasteiger partial charge is 0.342 e. The topological polar surface area (TPSA) is 20.3 Å². The van der Waals surface area contributed by atoms with Gasteiger partial charge in [0.15, 0.2) is 0 Å². The third-order valence-electron chi connectivity index (χ3n) is 4.63. The molecule has 1 amide bonds. The number of nitrogens with zero attached hydrogens (tertiary/aromatic N) is 1. The van der Waals surface area contributed by atoms with Crippen molar-refractivity contribution in [1.29, 1.82) is 0 Å². The summed E-state index contributed by atoms with van der Waals surface area (Å²) in [6.07, 6.45) is 0.978. The summed E-state index contributed by atoms with van der Waals surface area (Å²) < 4.78 is 37.5. The molecule has 0 N–H and O–H groups in total. The maximum Gasteiger partial charge on any atom is 0.416 e. The Kier molecular flexibility index (Phi) is 4.46. The zero-order valence-electron chi connectivity index (χ0n) is 13.0. The molecule has 2 fully saturated rings. The largest absolute Gasteiger partial charge is 0.416 e. The zero-order chi connectivity index (χ0) is 16.4. The van der Waals surface area contributed by atoms with Gasteiger partial charge in [0.1, 0.15) is 0 Å². The van der Waals surface area contributed by atoms with E-state index in [1.807, 2.05) is 4.90 Å². The first-order chi connectivity index (χ1) is 10.9. The number of aryl methyl sites for hydroxylation is 1. The van der Waals surface area contributed by atoms with Crippen LogP contribution in [0.1, 0.15) is 43.2 Å². The van der Waals surface area contributed by atoms with Crippen molar-refractivity contribution in [3.8, 4) is 0 Å². The number of rotatable bonds is 3. The number of allylic oxidation sites excluding steroid dienone is 1. The number of carbonyl (C=O) groups excluding carboxylic acids is 1. The number of piperidine rings is 1. The van der Waals surface area contributed by atoms with E-state index in [-0.39, 0.29) is 5.91 Å². The maximum atomic E-state index is 12.5. The Hall–Kier alpha value is -1.78. The Morgan fingerprint density at radius 1 is 0.957 bits per heavy atom. The van der Waals surface area contributed by atoms with Crippen LogP contribution in [-0.4, -0.2) is 23.9 Å².